The molecule has 0 saturated carbocycles. The molecule has 3 unspecified atom stereocenters. The van der Waals surface area contributed by atoms with Gasteiger partial charge in [-0.15, -0.1) is 0 Å². The first-order valence-electron chi connectivity index (χ1n) is 5.05. The van der Waals surface area contributed by atoms with Gasteiger partial charge in [0.1, 0.15) is 6.10 Å². The van der Waals surface area contributed by atoms with Crippen LogP contribution in [-0.2, 0) is 9.47 Å². The Bertz CT molecular complexity index is 193. The van der Waals surface area contributed by atoms with Crippen LogP contribution in [0.4, 0.5) is 0 Å². The van der Waals surface area contributed by atoms with Crippen molar-refractivity contribution in [3.8, 4) is 0 Å². The summed E-state index contributed by atoms with van der Waals surface area (Å²) >= 11 is 0. The van der Waals surface area contributed by atoms with E-state index in [-0.39, 0.29) is 6.10 Å². The van der Waals surface area contributed by atoms with Crippen molar-refractivity contribution in [1.29, 1.82) is 0 Å². The van der Waals surface area contributed by atoms with Gasteiger partial charge < -0.3 is 15.2 Å². The van der Waals surface area contributed by atoms with E-state index in [1.54, 1.807) is 0 Å². The summed E-state index contributed by atoms with van der Waals surface area (Å²) in [7, 11) is 0. The molecule has 1 fully saturated rings. The Balaban J connectivity index is 1.64. The van der Waals surface area contributed by atoms with Crippen LogP contribution in [0.5, 0.6) is 0 Å². The lowest BCUT2D eigenvalue weighted by atomic mass is 10.1. The average molecular weight is 183 g/mol. The van der Waals surface area contributed by atoms with Crippen LogP contribution in [0.3, 0.4) is 0 Å². The monoisotopic (exact) mass is 183 g/mol. The van der Waals surface area contributed by atoms with Crippen LogP contribution >= 0.6 is 0 Å². The van der Waals surface area contributed by atoms with E-state index in [0.717, 1.165) is 32.4 Å². The Labute approximate surface area is 78.9 Å². The van der Waals surface area contributed by atoms with Gasteiger partial charge in [-0.05, 0) is 19.4 Å². The first kappa shape index (κ1) is 9.19. The van der Waals surface area contributed by atoms with E-state index in [9.17, 15) is 0 Å². The molecule has 2 N–H and O–H groups in total. The molecule has 2 aliphatic heterocycles. The number of hydrogen-bond acceptors (Lipinski definition) is 3. The summed E-state index contributed by atoms with van der Waals surface area (Å²) < 4.78 is 11.3. The minimum Gasteiger partial charge on any atom is -0.375 e. The van der Waals surface area contributed by atoms with Gasteiger partial charge in [-0.25, -0.2) is 0 Å². The SMILES string of the molecule is NCCCCOC1CC2C=CC1O2. The van der Waals surface area contributed by atoms with Crippen LogP contribution in [0.1, 0.15) is 19.3 Å². The maximum absolute atomic E-state index is 5.71. The van der Waals surface area contributed by atoms with Crippen LogP contribution < -0.4 is 5.73 Å². The largest absolute Gasteiger partial charge is 0.375 e. The lowest BCUT2D eigenvalue weighted by Crippen LogP contribution is -2.23. The highest BCUT2D eigenvalue weighted by Crippen LogP contribution is 2.30. The predicted molar refractivity (Wildman–Crippen MR) is 50.4 cm³/mol. The zero-order valence-corrected chi connectivity index (χ0v) is 7.82. The Morgan fingerprint density at radius 3 is 2.92 bits per heavy atom. The first-order chi connectivity index (χ1) is 6.40. The lowest BCUT2D eigenvalue weighted by molar-refractivity contribution is 0.0116. The highest BCUT2D eigenvalue weighted by atomic mass is 16.6. The van der Waals surface area contributed by atoms with Gasteiger partial charge in [-0.1, -0.05) is 12.2 Å². The summed E-state index contributed by atoms with van der Waals surface area (Å²) in [5.74, 6) is 0. The number of unbranched alkanes of at least 4 members (excludes halogenated alkanes) is 1. The average Bonchev–Trinajstić information content (AvgIpc) is 2.73. The van der Waals surface area contributed by atoms with Crippen molar-refractivity contribution >= 4 is 0 Å². The van der Waals surface area contributed by atoms with E-state index < -0.39 is 0 Å². The van der Waals surface area contributed by atoms with Gasteiger partial charge in [0.2, 0.25) is 0 Å². The van der Waals surface area contributed by atoms with Gasteiger partial charge in [0.25, 0.3) is 0 Å². The molecule has 2 aliphatic rings. The molecular weight excluding hydrogens is 166 g/mol. The molecular formula is C10H17NO2. The molecule has 0 amide bonds. The first-order valence-corrected chi connectivity index (χ1v) is 5.05. The fraction of sp³-hybridized carbons (Fsp3) is 0.800. The second-order valence-electron chi connectivity index (χ2n) is 3.66. The fourth-order valence-corrected chi connectivity index (χ4v) is 1.88. The molecule has 0 aliphatic carbocycles. The molecule has 0 aromatic rings. The molecule has 2 heterocycles. The van der Waals surface area contributed by atoms with Gasteiger partial charge in [0.15, 0.2) is 0 Å². The Hall–Kier alpha value is -0.380. The third-order valence-electron chi connectivity index (χ3n) is 2.61. The standard InChI is InChI=1S/C10H17NO2/c11-5-1-2-6-12-10-7-8-3-4-9(10)13-8/h3-4,8-10H,1-2,5-7,11H2. The second-order valence-corrected chi connectivity index (χ2v) is 3.66. The number of hydrogen-bond donors (Lipinski definition) is 1. The Morgan fingerprint density at radius 2 is 2.31 bits per heavy atom. The van der Waals surface area contributed by atoms with Gasteiger partial charge >= 0.3 is 0 Å². The molecule has 0 aromatic heterocycles. The summed E-state index contributed by atoms with van der Waals surface area (Å²) in [5.41, 5.74) is 5.39. The summed E-state index contributed by atoms with van der Waals surface area (Å²) in [4.78, 5) is 0. The predicted octanol–water partition coefficient (Wildman–Crippen LogP) is 0.838. The number of rotatable bonds is 5. The van der Waals surface area contributed by atoms with E-state index in [1.807, 2.05) is 0 Å². The van der Waals surface area contributed by atoms with Crippen LogP contribution in [-0.4, -0.2) is 31.5 Å². The third kappa shape index (κ3) is 2.10. The summed E-state index contributed by atoms with van der Waals surface area (Å²) in [5, 5.41) is 0. The zero-order valence-electron chi connectivity index (χ0n) is 7.82. The molecule has 3 heteroatoms. The molecule has 3 atom stereocenters. The molecule has 13 heavy (non-hydrogen) atoms. The van der Waals surface area contributed by atoms with Gasteiger partial charge in [0, 0.05) is 13.0 Å². The van der Waals surface area contributed by atoms with Gasteiger partial charge in [0.05, 0.1) is 12.2 Å². The maximum atomic E-state index is 5.71. The zero-order chi connectivity index (χ0) is 9.10. The van der Waals surface area contributed by atoms with E-state index in [2.05, 4.69) is 12.2 Å². The van der Waals surface area contributed by atoms with E-state index >= 15 is 0 Å². The summed E-state index contributed by atoms with van der Waals surface area (Å²) in [6.07, 6.45) is 8.24. The topological polar surface area (TPSA) is 44.5 Å². The minimum atomic E-state index is 0.225. The molecule has 74 valence electrons. The quantitative estimate of drug-likeness (QED) is 0.507. The molecule has 2 rings (SSSR count). The van der Waals surface area contributed by atoms with E-state index in [0.29, 0.717) is 12.2 Å². The Morgan fingerprint density at radius 1 is 1.38 bits per heavy atom. The van der Waals surface area contributed by atoms with Gasteiger partial charge in [-0.2, -0.15) is 0 Å². The number of nitrogens with two attached hydrogens (primary N) is 1. The lowest BCUT2D eigenvalue weighted by Gasteiger charge is -2.16. The Kier molecular flexibility index (Phi) is 2.98. The molecule has 0 spiro atoms. The minimum absolute atomic E-state index is 0.225. The van der Waals surface area contributed by atoms with E-state index in [1.165, 1.54) is 0 Å². The third-order valence-corrected chi connectivity index (χ3v) is 2.61. The van der Waals surface area contributed by atoms with Crippen LogP contribution in [0.15, 0.2) is 12.2 Å². The number of ether oxygens (including phenoxy) is 2. The van der Waals surface area contributed by atoms with Crippen molar-refractivity contribution in [2.75, 3.05) is 13.2 Å². The summed E-state index contributed by atoms with van der Waals surface area (Å²) in [6.45, 7) is 1.58. The van der Waals surface area contributed by atoms with Crippen LogP contribution in [0, 0.1) is 0 Å². The highest BCUT2D eigenvalue weighted by molar-refractivity contribution is 5.11. The van der Waals surface area contributed by atoms with Crippen LogP contribution in [0.2, 0.25) is 0 Å². The van der Waals surface area contributed by atoms with Crippen molar-refractivity contribution in [3.63, 3.8) is 0 Å². The fourth-order valence-electron chi connectivity index (χ4n) is 1.88. The van der Waals surface area contributed by atoms with Crippen molar-refractivity contribution in [2.24, 2.45) is 5.73 Å². The van der Waals surface area contributed by atoms with Crippen molar-refractivity contribution in [3.05, 3.63) is 12.2 Å². The molecule has 3 nitrogen and oxygen atoms in total. The molecule has 0 aromatic carbocycles. The normalized spacial score (nSPS) is 35.9. The van der Waals surface area contributed by atoms with Gasteiger partial charge in [-0.3, -0.25) is 0 Å². The highest BCUT2D eigenvalue weighted by Gasteiger charge is 2.37. The molecule has 0 radical (unpaired) electrons. The van der Waals surface area contributed by atoms with E-state index in [4.69, 9.17) is 15.2 Å². The van der Waals surface area contributed by atoms with Crippen molar-refractivity contribution in [1.82, 2.24) is 0 Å². The smallest absolute Gasteiger partial charge is 0.103 e. The molecule has 2 bridgehead atoms. The van der Waals surface area contributed by atoms with Crippen molar-refractivity contribution in [2.45, 2.75) is 37.6 Å². The van der Waals surface area contributed by atoms with Crippen LogP contribution in [0.25, 0.3) is 0 Å². The van der Waals surface area contributed by atoms with Crippen molar-refractivity contribution < 1.29 is 9.47 Å². The second kappa shape index (κ2) is 4.22. The maximum Gasteiger partial charge on any atom is 0.103 e. The summed E-state index contributed by atoms with van der Waals surface area (Å²) in [6, 6.07) is 0. The number of fused-ring (bicyclic) bond motifs is 2. The molecule has 1 saturated heterocycles.